The quantitative estimate of drug-likeness (QED) is 0.726. The topological polar surface area (TPSA) is 49.3 Å². The lowest BCUT2D eigenvalue weighted by molar-refractivity contribution is 0.0697. The molecule has 2 bridgehead atoms. The number of para-hydroxylation sites is 1. The Hall–Kier alpha value is -2.29. The van der Waals surface area contributed by atoms with Crippen LogP contribution >= 0.6 is 0 Å². The molecule has 2 saturated carbocycles. The van der Waals surface area contributed by atoms with E-state index < -0.39 is 5.97 Å². The second-order valence-electron chi connectivity index (χ2n) is 8.95. The maximum absolute atomic E-state index is 11.8. The molecule has 2 fully saturated rings. The first-order valence-electron chi connectivity index (χ1n) is 10.3. The smallest absolute Gasteiger partial charge is 0.337 e. The van der Waals surface area contributed by atoms with E-state index in [-0.39, 0.29) is 6.04 Å². The van der Waals surface area contributed by atoms with Crippen LogP contribution in [0.15, 0.2) is 42.5 Å². The van der Waals surface area contributed by atoms with Crippen LogP contribution in [0.5, 0.6) is 0 Å². The summed E-state index contributed by atoms with van der Waals surface area (Å²) in [5, 5.41) is 13.4. The van der Waals surface area contributed by atoms with Crippen molar-refractivity contribution in [2.24, 2.45) is 17.8 Å². The van der Waals surface area contributed by atoms with E-state index in [2.05, 4.69) is 49.5 Å². The molecule has 2 aromatic carbocycles. The minimum absolute atomic E-state index is 0.208. The van der Waals surface area contributed by atoms with Crippen LogP contribution in [0.3, 0.4) is 0 Å². The SMILES string of the molecule is CC(C)c1ccc([C@@H]2Nc3c(C(=O)O)cccc3[C@H]3[C@H]4CC[C@H](C4)[C@@H]32)cc1. The number of anilines is 1. The van der Waals surface area contributed by atoms with E-state index in [0.29, 0.717) is 29.2 Å². The molecule has 0 unspecified atom stereocenters. The van der Waals surface area contributed by atoms with Crippen molar-refractivity contribution in [2.45, 2.75) is 51.0 Å². The summed E-state index contributed by atoms with van der Waals surface area (Å²) in [6, 6.07) is 15.0. The Labute approximate surface area is 160 Å². The van der Waals surface area contributed by atoms with Crippen LogP contribution in [0.2, 0.25) is 0 Å². The third kappa shape index (κ3) is 2.51. The van der Waals surface area contributed by atoms with Gasteiger partial charge in [0.1, 0.15) is 0 Å². The lowest BCUT2D eigenvalue weighted by atomic mass is 9.67. The number of carboxylic acids is 1. The van der Waals surface area contributed by atoms with Crippen LogP contribution < -0.4 is 5.32 Å². The fourth-order valence-corrected chi connectivity index (χ4v) is 6.11. The van der Waals surface area contributed by atoms with E-state index in [4.69, 9.17) is 0 Å². The average molecular weight is 361 g/mol. The van der Waals surface area contributed by atoms with Crippen molar-refractivity contribution in [3.63, 3.8) is 0 Å². The van der Waals surface area contributed by atoms with Gasteiger partial charge in [-0.05, 0) is 71.6 Å². The second kappa shape index (κ2) is 6.12. The van der Waals surface area contributed by atoms with Crippen molar-refractivity contribution in [3.05, 3.63) is 64.7 Å². The number of hydrogen-bond donors (Lipinski definition) is 2. The number of nitrogens with one attached hydrogen (secondary N) is 1. The van der Waals surface area contributed by atoms with Gasteiger partial charge in [0.2, 0.25) is 0 Å². The summed E-state index contributed by atoms with van der Waals surface area (Å²) in [6.45, 7) is 4.43. The van der Waals surface area contributed by atoms with E-state index in [1.165, 1.54) is 36.0 Å². The third-order valence-electron chi connectivity index (χ3n) is 7.31. The molecule has 0 spiro atoms. The van der Waals surface area contributed by atoms with Crippen LogP contribution in [0.1, 0.15) is 78.0 Å². The van der Waals surface area contributed by atoms with Gasteiger partial charge in [-0.1, -0.05) is 50.2 Å². The molecule has 3 heteroatoms. The molecule has 3 nitrogen and oxygen atoms in total. The van der Waals surface area contributed by atoms with Crippen molar-refractivity contribution in [1.29, 1.82) is 0 Å². The first kappa shape index (κ1) is 16.9. The molecule has 5 atom stereocenters. The normalized spacial score (nSPS) is 30.7. The number of hydrogen-bond acceptors (Lipinski definition) is 2. The maximum atomic E-state index is 11.8. The zero-order valence-electron chi connectivity index (χ0n) is 16.0. The first-order valence-corrected chi connectivity index (χ1v) is 10.3. The van der Waals surface area contributed by atoms with Crippen LogP contribution in [-0.4, -0.2) is 11.1 Å². The highest BCUT2D eigenvalue weighted by atomic mass is 16.4. The molecule has 2 aromatic rings. The minimum atomic E-state index is -0.838. The van der Waals surface area contributed by atoms with E-state index in [1.807, 2.05) is 6.07 Å². The van der Waals surface area contributed by atoms with Crippen molar-refractivity contribution in [1.82, 2.24) is 0 Å². The van der Waals surface area contributed by atoms with Crippen LogP contribution in [-0.2, 0) is 0 Å². The summed E-state index contributed by atoms with van der Waals surface area (Å²) >= 11 is 0. The zero-order chi connectivity index (χ0) is 18.7. The number of benzene rings is 2. The van der Waals surface area contributed by atoms with E-state index in [0.717, 1.165) is 11.6 Å². The Kier molecular flexibility index (Phi) is 3.82. The summed E-state index contributed by atoms with van der Waals surface area (Å²) < 4.78 is 0. The van der Waals surface area contributed by atoms with Crippen molar-refractivity contribution in [2.75, 3.05) is 5.32 Å². The molecule has 0 saturated heterocycles. The zero-order valence-corrected chi connectivity index (χ0v) is 16.0. The highest BCUT2D eigenvalue weighted by Crippen LogP contribution is 2.64. The number of aromatic carboxylic acids is 1. The van der Waals surface area contributed by atoms with Gasteiger partial charge in [-0.2, -0.15) is 0 Å². The summed E-state index contributed by atoms with van der Waals surface area (Å²) in [5.41, 5.74) is 5.16. The van der Waals surface area contributed by atoms with Gasteiger partial charge in [-0.25, -0.2) is 4.79 Å². The second-order valence-corrected chi connectivity index (χ2v) is 8.95. The van der Waals surface area contributed by atoms with Gasteiger partial charge in [0, 0.05) is 0 Å². The summed E-state index contributed by atoms with van der Waals surface area (Å²) in [4.78, 5) is 11.8. The van der Waals surface area contributed by atoms with Gasteiger partial charge < -0.3 is 10.4 Å². The Morgan fingerprint density at radius 1 is 1.07 bits per heavy atom. The highest BCUT2D eigenvalue weighted by Gasteiger charge is 2.54. The molecule has 2 aliphatic carbocycles. The molecule has 2 N–H and O–H groups in total. The summed E-state index contributed by atoms with van der Waals surface area (Å²) in [5.74, 6) is 2.22. The summed E-state index contributed by atoms with van der Waals surface area (Å²) in [7, 11) is 0. The van der Waals surface area contributed by atoms with Crippen LogP contribution in [0.4, 0.5) is 5.69 Å². The van der Waals surface area contributed by atoms with E-state index in [9.17, 15) is 9.90 Å². The Balaban J connectivity index is 1.62. The van der Waals surface area contributed by atoms with Crippen molar-refractivity contribution in [3.8, 4) is 0 Å². The van der Waals surface area contributed by atoms with E-state index >= 15 is 0 Å². The van der Waals surface area contributed by atoms with Crippen LogP contribution in [0.25, 0.3) is 0 Å². The van der Waals surface area contributed by atoms with Gasteiger partial charge in [0.25, 0.3) is 0 Å². The number of carbonyl (C=O) groups is 1. The maximum Gasteiger partial charge on any atom is 0.337 e. The van der Waals surface area contributed by atoms with Gasteiger partial charge in [-0.3, -0.25) is 0 Å². The molecule has 140 valence electrons. The summed E-state index contributed by atoms with van der Waals surface area (Å²) in [6.07, 6.45) is 3.91. The highest BCUT2D eigenvalue weighted by molar-refractivity contribution is 5.95. The molecule has 5 rings (SSSR count). The standard InChI is InChI=1S/C24H27NO2/c1-13(2)14-6-8-15(9-7-14)22-21-17-11-10-16(12-17)20(21)18-4-3-5-19(24(26)27)23(18)25-22/h3-9,13,16-17,20-22,25H,10-12H2,1-2H3,(H,26,27)/t16-,17+,20+,21-,22-/m0/s1. The predicted molar refractivity (Wildman–Crippen MR) is 107 cm³/mol. The molecular weight excluding hydrogens is 334 g/mol. The lowest BCUT2D eigenvalue weighted by Gasteiger charge is -2.44. The molecule has 3 aliphatic rings. The van der Waals surface area contributed by atoms with Crippen LogP contribution in [0, 0.1) is 17.8 Å². The van der Waals surface area contributed by atoms with Gasteiger partial charge >= 0.3 is 5.97 Å². The van der Waals surface area contributed by atoms with Crippen molar-refractivity contribution < 1.29 is 9.90 Å². The Morgan fingerprint density at radius 3 is 2.52 bits per heavy atom. The molecule has 27 heavy (non-hydrogen) atoms. The van der Waals surface area contributed by atoms with Gasteiger partial charge in [0.05, 0.1) is 17.3 Å². The first-order chi connectivity index (χ1) is 13.0. The molecule has 1 aliphatic heterocycles. The monoisotopic (exact) mass is 361 g/mol. The number of carboxylic acid groups (broad SMARTS) is 1. The fourth-order valence-electron chi connectivity index (χ4n) is 6.11. The predicted octanol–water partition coefficient (Wildman–Crippen LogP) is 5.80. The number of rotatable bonds is 3. The molecule has 0 aromatic heterocycles. The van der Waals surface area contributed by atoms with Gasteiger partial charge in [0.15, 0.2) is 0 Å². The lowest BCUT2D eigenvalue weighted by Crippen LogP contribution is -2.36. The minimum Gasteiger partial charge on any atom is -0.478 e. The Bertz CT molecular complexity index is 886. The molecule has 0 amide bonds. The molecule has 1 heterocycles. The average Bonchev–Trinajstić information content (AvgIpc) is 3.29. The fraction of sp³-hybridized carbons (Fsp3) is 0.458. The largest absolute Gasteiger partial charge is 0.478 e. The van der Waals surface area contributed by atoms with Gasteiger partial charge in [-0.15, -0.1) is 0 Å². The van der Waals surface area contributed by atoms with Crippen molar-refractivity contribution >= 4 is 11.7 Å². The van der Waals surface area contributed by atoms with E-state index in [1.54, 1.807) is 6.07 Å². The Morgan fingerprint density at radius 2 is 1.81 bits per heavy atom. The molecular formula is C24H27NO2. The number of fused-ring (bicyclic) bond motifs is 7. The third-order valence-corrected chi connectivity index (χ3v) is 7.31. The molecule has 0 radical (unpaired) electrons.